The van der Waals surface area contributed by atoms with Gasteiger partial charge in [-0.15, -0.1) is 11.3 Å². The van der Waals surface area contributed by atoms with Crippen molar-refractivity contribution in [3.63, 3.8) is 0 Å². The molecule has 0 atom stereocenters. The molecule has 0 saturated carbocycles. The Hall–Kier alpha value is -3.16. The van der Waals surface area contributed by atoms with E-state index in [1.54, 1.807) is 12.1 Å². The van der Waals surface area contributed by atoms with Gasteiger partial charge in [-0.25, -0.2) is 4.98 Å². The summed E-state index contributed by atoms with van der Waals surface area (Å²) < 4.78 is 2.08. The highest BCUT2D eigenvalue weighted by Gasteiger charge is 2.19. The van der Waals surface area contributed by atoms with Crippen LogP contribution < -0.4 is 11.1 Å². The molecule has 170 valence electrons. The van der Waals surface area contributed by atoms with Crippen LogP contribution in [0.15, 0.2) is 54.0 Å². The van der Waals surface area contributed by atoms with Crippen LogP contribution in [0.5, 0.6) is 0 Å². The van der Waals surface area contributed by atoms with Crippen LogP contribution in [0.2, 0.25) is 5.02 Å². The van der Waals surface area contributed by atoms with E-state index < -0.39 is 5.91 Å². The smallest absolute Gasteiger partial charge is 0.248 e. The van der Waals surface area contributed by atoms with Crippen molar-refractivity contribution in [1.82, 2.24) is 9.55 Å². The summed E-state index contributed by atoms with van der Waals surface area (Å²) in [5, 5.41) is 7.04. The minimum Gasteiger partial charge on any atom is -0.366 e. The van der Waals surface area contributed by atoms with Gasteiger partial charge >= 0.3 is 0 Å². The molecule has 0 aliphatic rings. The molecule has 0 bridgehead atoms. The van der Waals surface area contributed by atoms with Gasteiger partial charge in [-0.2, -0.15) is 0 Å². The van der Waals surface area contributed by atoms with Crippen LogP contribution >= 0.6 is 22.9 Å². The average Bonchev–Trinajstić information content (AvgIpc) is 3.33. The Labute approximate surface area is 201 Å². The van der Waals surface area contributed by atoms with E-state index in [2.05, 4.69) is 35.6 Å². The van der Waals surface area contributed by atoms with Gasteiger partial charge in [-0.05, 0) is 41.5 Å². The second-order valence-electron chi connectivity index (χ2n) is 9.02. The Morgan fingerprint density at radius 3 is 2.52 bits per heavy atom. The van der Waals surface area contributed by atoms with Crippen molar-refractivity contribution in [1.29, 1.82) is 0 Å². The number of rotatable bonds is 6. The number of nitrogens with one attached hydrogen (secondary N) is 1. The van der Waals surface area contributed by atoms with Crippen molar-refractivity contribution in [2.75, 3.05) is 5.32 Å². The van der Waals surface area contributed by atoms with E-state index in [9.17, 15) is 9.59 Å². The number of thiazole rings is 1. The number of hydrogen-bond acceptors (Lipinski definition) is 4. The molecule has 2 aromatic heterocycles. The Morgan fingerprint density at radius 1 is 1.15 bits per heavy atom. The minimum atomic E-state index is -0.453. The van der Waals surface area contributed by atoms with E-state index in [0.29, 0.717) is 22.3 Å². The maximum Gasteiger partial charge on any atom is 0.248 e. The Bertz CT molecular complexity index is 1330. The summed E-state index contributed by atoms with van der Waals surface area (Å²) in [6.07, 6.45) is 2.18. The topological polar surface area (TPSA) is 90.0 Å². The molecule has 0 aliphatic heterocycles. The summed E-state index contributed by atoms with van der Waals surface area (Å²) in [4.78, 5) is 28.7. The zero-order valence-electron chi connectivity index (χ0n) is 18.7. The highest BCUT2D eigenvalue weighted by atomic mass is 35.5. The number of aromatic nitrogens is 2. The summed E-state index contributed by atoms with van der Waals surface area (Å²) in [5.74, 6) is -0.583. The van der Waals surface area contributed by atoms with Gasteiger partial charge in [0.2, 0.25) is 11.8 Å². The fraction of sp³-hybridized carbons (Fsp3) is 0.240. The second-order valence-corrected chi connectivity index (χ2v) is 10.3. The monoisotopic (exact) mass is 480 g/mol. The van der Waals surface area contributed by atoms with E-state index in [-0.39, 0.29) is 17.7 Å². The first-order chi connectivity index (χ1) is 15.6. The third kappa shape index (κ3) is 5.26. The number of nitrogens with two attached hydrogens (primary N) is 1. The van der Waals surface area contributed by atoms with Crippen LogP contribution in [0.4, 0.5) is 5.13 Å². The Morgan fingerprint density at radius 2 is 1.88 bits per heavy atom. The zero-order valence-corrected chi connectivity index (χ0v) is 20.3. The predicted molar refractivity (Wildman–Crippen MR) is 134 cm³/mol. The lowest BCUT2D eigenvalue weighted by atomic mass is 9.93. The predicted octanol–water partition coefficient (Wildman–Crippen LogP) is 5.38. The van der Waals surface area contributed by atoms with Gasteiger partial charge in [-0.1, -0.05) is 44.5 Å². The first kappa shape index (κ1) is 23.0. The number of carbonyl (C=O) groups excluding carboxylic acids is 2. The number of benzene rings is 2. The van der Waals surface area contributed by atoms with Gasteiger partial charge in [0, 0.05) is 45.0 Å². The molecule has 2 amide bonds. The summed E-state index contributed by atoms with van der Waals surface area (Å²) >= 11 is 7.69. The maximum absolute atomic E-state index is 12.8. The van der Waals surface area contributed by atoms with Crippen molar-refractivity contribution in [2.24, 2.45) is 5.73 Å². The summed E-state index contributed by atoms with van der Waals surface area (Å²) in [5.41, 5.74) is 9.56. The number of halogens is 1. The fourth-order valence-corrected chi connectivity index (χ4v) is 4.72. The molecule has 0 unspecified atom stereocenters. The lowest BCUT2D eigenvalue weighted by molar-refractivity contribution is -0.115. The summed E-state index contributed by atoms with van der Waals surface area (Å²) in [6, 6.07) is 12.9. The number of fused-ring (bicyclic) bond motifs is 1. The van der Waals surface area contributed by atoms with Gasteiger partial charge in [0.1, 0.15) is 0 Å². The number of carbonyl (C=O) groups is 2. The Balaban J connectivity index is 1.57. The minimum absolute atomic E-state index is 0.0701. The van der Waals surface area contributed by atoms with Crippen molar-refractivity contribution in [3.05, 3.63) is 81.4 Å². The number of hydrogen-bond donors (Lipinski definition) is 2. The van der Waals surface area contributed by atoms with Crippen LogP contribution in [0.25, 0.3) is 10.9 Å². The van der Waals surface area contributed by atoms with Gasteiger partial charge in [0.05, 0.1) is 12.1 Å². The standard InChI is InChI=1S/C25H25ClN4O2S/c1-25(2,3)21-14-33-24(28-21)29-22(31)10-17-13-30(20-9-8-18(26)11-19(17)20)12-15-4-6-16(7-5-15)23(27)32/h4-9,11,13-14H,10,12H2,1-3H3,(H2,27,32)(H,28,29,31). The van der Waals surface area contributed by atoms with Gasteiger partial charge in [-0.3, -0.25) is 9.59 Å². The third-order valence-electron chi connectivity index (χ3n) is 5.39. The van der Waals surface area contributed by atoms with Crippen molar-refractivity contribution >= 4 is 50.8 Å². The zero-order chi connectivity index (χ0) is 23.8. The quantitative estimate of drug-likeness (QED) is 0.388. The molecule has 3 N–H and O–H groups in total. The molecule has 33 heavy (non-hydrogen) atoms. The number of anilines is 1. The molecule has 0 saturated heterocycles. The van der Waals surface area contributed by atoms with Crippen LogP contribution in [0.3, 0.4) is 0 Å². The van der Waals surface area contributed by atoms with Crippen molar-refractivity contribution in [3.8, 4) is 0 Å². The van der Waals surface area contributed by atoms with Gasteiger partial charge in [0.15, 0.2) is 5.13 Å². The fourth-order valence-electron chi connectivity index (χ4n) is 3.60. The highest BCUT2D eigenvalue weighted by molar-refractivity contribution is 7.13. The first-order valence-electron chi connectivity index (χ1n) is 10.5. The average molecular weight is 481 g/mol. The van der Waals surface area contributed by atoms with E-state index in [0.717, 1.165) is 27.7 Å². The number of primary amides is 1. The Kier molecular flexibility index (Phi) is 6.28. The molecule has 0 radical (unpaired) electrons. The summed E-state index contributed by atoms with van der Waals surface area (Å²) in [6.45, 7) is 6.86. The second kappa shape index (κ2) is 9.00. The van der Waals surface area contributed by atoms with Crippen molar-refractivity contribution < 1.29 is 9.59 Å². The lowest BCUT2D eigenvalue weighted by Crippen LogP contribution is -2.15. The molecular formula is C25H25ClN4O2S. The summed E-state index contributed by atoms with van der Waals surface area (Å²) in [7, 11) is 0. The largest absolute Gasteiger partial charge is 0.366 e. The maximum atomic E-state index is 12.8. The van der Waals surface area contributed by atoms with Crippen molar-refractivity contribution in [2.45, 2.75) is 39.2 Å². The van der Waals surface area contributed by atoms with Gasteiger partial charge in [0.25, 0.3) is 0 Å². The molecule has 0 spiro atoms. The molecule has 6 nitrogen and oxygen atoms in total. The van der Waals surface area contributed by atoms with E-state index in [1.807, 2.05) is 41.9 Å². The normalized spacial score (nSPS) is 11.6. The highest BCUT2D eigenvalue weighted by Crippen LogP contribution is 2.28. The molecule has 8 heteroatoms. The van der Waals surface area contributed by atoms with Crippen LogP contribution in [-0.2, 0) is 23.2 Å². The third-order valence-corrected chi connectivity index (χ3v) is 6.38. The lowest BCUT2D eigenvalue weighted by Gasteiger charge is -2.14. The molecule has 4 aromatic rings. The molecule has 0 fully saturated rings. The molecule has 0 aliphatic carbocycles. The van der Waals surface area contributed by atoms with Crippen LogP contribution in [-0.4, -0.2) is 21.4 Å². The molecule has 4 rings (SSSR count). The van der Waals surface area contributed by atoms with Crippen LogP contribution in [0, 0.1) is 0 Å². The number of amides is 2. The molecule has 2 heterocycles. The molecule has 2 aromatic carbocycles. The molecular weight excluding hydrogens is 456 g/mol. The SMILES string of the molecule is CC(C)(C)c1csc(NC(=O)Cc2cn(Cc3ccc(C(N)=O)cc3)c3ccc(Cl)cc23)n1. The van der Waals surface area contributed by atoms with Gasteiger partial charge < -0.3 is 15.6 Å². The van der Waals surface area contributed by atoms with E-state index >= 15 is 0 Å². The van der Waals surface area contributed by atoms with E-state index in [4.69, 9.17) is 17.3 Å². The first-order valence-corrected chi connectivity index (χ1v) is 11.8. The number of nitrogens with zero attached hydrogens (tertiary/aromatic N) is 2. The van der Waals surface area contributed by atoms with Crippen LogP contribution in [0.1, 0.15) is 48.0 Å². The van der Waals surface area contributed by atoms with E-state index in [1.165, 1.54) is 11.3 Å².